The molecule has 1 fully saturated rings. The van der Waals surface area contributed by atoms with E-state index in [9.17, 15) is 14.7 Å². The fourth-order valence-electron chi connectivity index (χ4n) is 2.74. The zero-order valence-corrected chi connectivity index (χ0v) is 12.7. The van der Waals surface area contributed by atoms with Crippen molar-refractivity contribution in [2.75, 3.05) is 0 Å². The minimum Gasteiger partial charge on any atom is -0.481 e. The lowest BCUT2D eigenvalue weighted by Crippen LogP contribution is -2.25. The number of carboxylic acid groups (broad SMARTS) is 1. The van der Waals surface area contributed by atoms with Crippen LogP contribution in [0.2, 0.25) is 0 Å². The van der Waals surface area contributed by atoms with Crippen molar-refractivity contribution in [1.29, 1.82) is 0 Å². The van der Waals surface area contributed by atoms with Gasteiger partial charge in [0, 0.05) is 16.4 Å². The molecular formula is C13H15BrO3S. The summed E-state index contributed by atoms with van der Waals surface area (Å²) in [6.45, 7) is 3.91. The molecule has 1 saturated carbocycles. The first-order chi connectivity index (χ1) is 8.40. The number of carbonyl (C=O) groups excluding carboxylic acids is 1. The maximum atomic E-state index is 12.5. The van der Waals surface area contributed by atoms with Crippen molar-refractivity contribution in [2.45, 2.75) is 26.7 Å². The predicted molar refractivity (Wildman–Crippen MR) is 74.1 cm³/mol. The number of thiophene rings is 1. The van der Waals surface area contributed by atoms with E-state index in [0.717, 1.165) is 8.66 Å². The van der Waals surface area contributed by atoms with Gasteiger partial charge >= 0.3 is 5.97 Å². The molecule has 0 radical (unpaired) electrons. The van der Waals surface area contributed by atoms with E-state index < -0.39 is 11.9 Å². The summed E-state index contributed by atoms with van der Waals surface area (Å²) < 4.78 is 0.918. The number of rotatable bonds is 3. The number of halogens is 1. The molecule has 0 saturated heterocycles. The van der Waals surface area contributed by atoms with Crippen LogP contribution in [0.4, 0.5) is 0 Å². The second-order valence-corrected chi connectivity index (χ2v) is 7.65. The molecule has 98 valence electrons. The van der Waals surface area contributed by atoms with E-state index in [-0.39, 0.29) is 11.7 Å². The summed E-state index contributed by atoms with van der Waals surface area (Å²) in [6.07, 6.45) is 1.29. The number of hydrogen-bond donors (Lipinski definition) is 1. The van der Waals surface area contributed by atoms with Crippen molar-refractivity contribution in [1.82, 2.24) is 0 Å². The first-order valence-corrected chi connectivity index (χ1v) is 7.54. The van der Waals surface area contributed by atoms with Crippen molar-refractivity contribution in [2.24, 2.45) is 17.8 Å². The van der Waals surface area contributed by atoms with Gasteiger partial charge in [0.2, 0.25) is 0 Å². The Kier molecular flexibility index (Phi) is 3.92. The van der Waals surface area contributed by atoms with E-state index in [1.54, 1.807) is 0 Å². The molecule has 3 nitrogen and oxygen atoms in total. The fourth-order valence-corrected chi connectivity index (χ4v) is 4.44. The van der Waals surface area contributed by atoms with Crippen LogP contribution < -0.4 is 0 Å². The Morgan fingerprint density at radius 1 is 1.39 bits per heavy atom. The first-order valence-electron chi connectivity index (χ1n) is 5.93. The molecule has 1 heterocycles. The summed E-state index contributed by atoms with van der Waals surface area (Å²) in [5.41, 5.74) is 0.678. The second kappa shape index (κ2) is 5.13. The van der Waals surface area contributed by atoms with Crippen LogP contribution in [0.25, 0.3) is 0 Å². The third-order valence-electron chi connectivity index (χ3n) is 3.61. The van der Waals surface area contributed by atoms with Gasteiger partial charge in [0.1, 0.15) is 0 Å². The van der Waals surface area contributed by atoms with Gasteiger partial charge in [-0.05, 0) is 47.7 Å². The van der Waals surface area contributed by atoms with Crippen LogP contribution in [0.3, 0.4) is 0 Å². The van der Waals surface area contributed by atoms with Gasteiger partial charge in [-0.15, -0.1) is 11.3 Å². The minimum absolute atomic E-state index is 0.00815. The highest BCUT2D eigenvalue weighted by Gasteiger charge is 2.41. The standard InChI is InChI=1S/C13H15BrO3S/c1-6-3-9(10(4-6)13(16)17)12(15)8-5-11(14)18-7(8)2/h5-6,9-10H,3-4H2,1-2H3,(H,16,17). The molecule has 1 aliphatic rings. The van der Waals surface area contributed by atoms with Crippen molar-refractivity contribution < 1.29 is 14.7 Å². The zero-order chi connectivity index (χ0) is 13.4. The number of hydrogen-bond acceptors (Lipinski definition) is 3. The molecule has 0 aromatic carbocycles. The Hall–Kier alpha value is -0.680. The smallest absolute Gasteiger partial charge is 0.307 e. The summed E-state index contributed by atoms with van der Waals surface area (Å²) in [7, 11) is 0. The van der Waals surface area contributed by atoms with E-state index in [4.69, 9.17) is 0 Å². The number of carboxylic acids is 1. The van der Waals surface area contributed by atoms with Crippen molar-refractivity contribution in [3.63, 3.8) is 0 Å². The molecule has 3 atom stereocenters. The topological polar surface area (TPSA) is 54.4 Å². The summed E-state index contributed by atoms with van der Waals surface area (Å²) in [5.74, 6) is -1.43. The van der Waals surface area contributed by atoms with Crippen LogP contribution >= 0.6 is 27.3 Å². The molecule has 1 N–H and O–H groups in total. The number of Topliss-reactive ketones (excluding diaryl/α,β-unsaturated/α-hetero) is 1. The van der Waals surface area contributed by atoms with Crippen LogP contribution in [0.1, 0.15) is 35.0 Å². The number of ketones is 1. The highest BCUT2D eigenvalue weighted by Crippen LogP contribution is 2.40. The van der Waals surface area contributed by atoms with E-state index in [0.29, 0.717) is 24.3 Å². The van der Waals surface area contributed by atoms with Gasteiger partial charge in [0.15, 0.2) is 5.78 Å². The highest BCUT2D eigenvalue weighted by molar-refractivity contribution is 9.11. The van der Waals surface area contributed by atoms with Crippen molar-refractivity contribution >= 4 is 39.0 Å². The largest absolute Gasteiger partial charge is 0.481 e. The lowest BCUT2D eigenvalue weighted by atomic mass is 9.88. The summed E-state index contributed by atoms with van der Waals surface area (Å²) in [6, 6.07) is 1.81. The van der Waals surface area contributed by atoms with Gasteiger partial charge in [-0.1, -0.05) is 6.92 Å². The Labute approximate surface area is 118 Å². The third kappa shape index (κ3) is 2.52. The minimum atomic E-state index is -0.843. The van der Waals surface area contributed by atoms with Crippen LogP contribution in [-0.2, 0) is 4.79 Å². The van der Waals surface area contributed by atoms with Gasteiger partial charge in [0.25, 0.3) is 0 Å². The molecule has 1 aromatic rings. The molecule has 0 spiro atoms. The molecule has 0 aliphatic heterocycles. The van der Waals surface area contributed by atoms with E-state index >= 15 is 0 Å². The molecule has 2 rings (SSSR count). The Bertz CT molecular complexity index is 494. The van der Waals surface area contributed by atoms with E-state index in [1.165, 1.54) is 11.3 Å². The molecule has 18 heavy (non-hydrogen) atoms. The van der Waals surface area contributed by atoms with Crippen LogP contribution in [-0.4, -0.2) is 16.9 Å². The molecule has 1 aliphatic carbocycles. The van der Waals surface area contributed by atoms with E-state index in [1.807, 2.05) is 19.9 Å². The number of aryl methyl sites for hydroxylation is 1. The summed E-state index contributed by atoms with van der Waals surface area (Å²) in [5, 5.41) is 9.21. The van der Waals surface area contributed by atoms with Crippen LogP contribution in [0.5, 0.6) is 0 Å². The van der Waals surface area contributed by atoms with Crippen molar-refractivity contribution in [3.8, 4) is 0 Å². The Morgan fingerprint density at radius 3 is 2.50 bits per heavy atom. The predicted octanol–water partition coefficient (Wildman–Crippen LogP) is 3.75. The molecular weight excluding hydrogens is 316 g/mol. The quantitative estimate of drug-likeness (QED) is 0.858. The summed E-state index contributed by atoms with van der Waals surface area (Å²) in [4.78, 5) is 24.6. The van der Waals surface area contributed by atoms with Gasteiger partial charge in [-0.2, -0.15) is 0 Å². The average Bonchev–Trinajstić information content (AvgIpc) is 2.81. The SMILES string of the molecule is Cc1sc(Br)cc1C(=O)C1CC(C)CC1C(=O)O. The maximum Gasteiger partial charge on any atom is 0.307 e. The van der Waals surface area contributed by atoms with Gasteiger partial charge in [0.05, 0.1) is 9.70 Å². The van der Waals surface area contributed by atoms with E-state index in [2.05, 4.69) is 15.9 Å². The molecule has 0 amide bonds. The monoisotopic (exact) mass is 330 g/mol. The molecule has 5 heteroatoms. The normalized spacial score (nSPS) is 27.4. The van der Waals surface area contributed by atoms with Crippen LogP contribution in [0.15, 0.2) is 9.85 Å². The molecule has 1 aromatic heterocycles. The third-order valence-corrected chi connectivity index (χ3v) is 5.16. The highest BCUT2D eigenvalue weighted by atomic mass is 79.9. The molecule has 0 bridgehead atoms. The van der Waals surface area contributed by atoms with Gasteiger partial charge in [-0.3, -0.25) is 9.59 Å². The Morgan fingerprint density at radius 2 is 2.00 bits per heavy atom. The molecule has 3 unspecified atom stereocenters. The van der Waals surface area contributed by atoms with Gasteiger partial charge in [-0.25, -0.2) is 0 Å². The fraction of sp³-hybridized carbons (Fsp3) is 0.538. The number of carbonyl (C=O) groups is 2. The van der Waals surface area contributed by atoms with Gasteiger partial charge < -0.3 is 5.11 Å². The number of aliphatic carboxylic acids is 1. The Balaban J connectivity index is 2.28. The second-order valence-electron chi connectivity index (χ2n) is 5.01. The average molecular weight is 331 g/mol. The van der Waals surface area contributed by atoms with Crippen molar-refractivity contribution in [3.05, 3.63) is 20.3 Å². The summed E-state index contributed by atoms with van der Waals surface area (Å²) >= 11 is 4.88. The maximum absolute atomic E-state index is 12.5. The van der Waals surface area contributed by atoms with Crippen LogP contribution in [0, 0.1) is 24.7 Å². The zero-order valence-electron chi connectivity index (χ0n) is 10.3. The lowest BCUT2D eigenvalue weighted by Gasteiger charge is -2.14. The lowest BCUT2D eigenvalue weighted by molar-refractivity contribution is -0.142. The first kappa shape index (κ1) is 13.7.